The fraction of sp³-hybridized carbons (Fsp3) is 0.407. The number of sulfonamides is 1. The van der Waals surface area contributed by atoms with Crippen LogP contribution < -0.4 is 14.8 Å². The number of ether oxygens (including phenoxy) is 2. The maximum absolute atomic E-state index is 13.4. The van der Waals surface area contributed by atoms with Crippen molar-refractivity contribution in [2.45, 2.75) is 44.0 Å². The number of nitro groups is 1. The van der Waals surface area contributed by atoms with Crippen molar-refractivity contribution in [3.05, 3.63) is 64.2 Å². The first kappa shape index (κ1) is 32.2. The number of amides is 1. The second kappa shape index (κ2) is 15.0. The average molecular weight is 578 g/mol. The fourth-order valence-corrected chi connectivity index (χ4v) is 5.74. The van der Waals surface area contributed by atoms with Gasteiger partial charge in [-0.15, -0.1) is 0 Å². The number of benzene rings is 2. The van der Waals surface area contributed by atoms with Crippen molar-refractivity contribution < 1.29 is 37.5 Å². The average Bonchev–Trinajstić information content (AvgIpc) is 2.92. The Morgan fingerprint density at radius 3 is 2.33 bits per heavy atom. The number of unbranched alkanes of at least 4 members (excludes halogenated alkanes) is 1. The molecule has 1 atom stereocenters. The van der Waals surface area contributed by atoms with Crippen LogP contribution >= 0.6 is 0 Å². The molecule has 0 bridgehead atoms. The molecule has 2 aromatic carbocycles. The van der Waals surface area contributed by atoms with Gasteiger partial charge in [0.2, 0.25) is 15.9 Å². The molecule has 0 heterocycles. The predicted molar refractivity (Wildman–Crippen MR) is 149 cm³/mol. The number of nitrogens with one attached hydrogen (secondary N) is 1. The van der Waals surface area contributed by atoms with Gasteiger partial charge in [0, 0.05) is 36.9 Å². The summed E-state index contributed by atoms with van der Waals surface area (Å²) in [4.78, 5) is 34.5. The third-order valence-corrected chi connectivity index (χ3v) is 7.77. The normalized spacial score (nSPS) is 12.4. The minimum atomic E-state index is -4.25. The van der Waals surface area contributed by atoms with Crippen molar-refractivity contribution in [2.75, 3.05) is 27.3 Å². The van der Waals surface area contributed by atoms with Crippen LogP contribution in [0.1, 0.15) is 38.7 Å². The highest BCUT2D eigenvalue weighted by molar-refractivity contribution is 7.89. The minimum Gasteiger partial charge on any atom is -0.493 e. The first-order valence-electron chi connectivity index (χ1n) is 12.6. The molecule has 0 spiro atoms. The summed E-state index contributed by atoms with van der Waals surface area (Å²) in [5, 5.41) is 23.5. The van der Waals surface area contributed by atoms with Gasteiger partial charge in [0.1, 0.15) is 6.04 Å². The molecule has 2 rings (SSSR count). The van der Waals surface area contributed by atoms with Gasteiger partial charge < -0.3 is 19.9 Å². The number of hydrogen-bond donors (Lipinski definition) is 2. The zero-order chi connectivity index (χ0) is 29.9. The van der Waals surface area contributed by atoms with Crippen molar-refractivity contribution >= 4 is 33.7 Å². The predicted octanol–water partition coefficient (Wildman–Crippen LogP) is 3.71. The van der Waals surface area contributed by atoms with E-state index in [1.165, 1.54) is 20.3 Å². The van der Waals surface area contributed by atoms with Gasteiger partial charge in [-0.3, -0.25) is 19.7 Å². The topological polar surface area (TPSA) is 165 Å². The van der Waals surface area contributed by atoms with Gasteiger partial charge >= 0.3 is 5.97 Å². The van der Waals surface area contributed by atoms with Gasteiger partial charge in [-0.2, -0.15) is 4.31 Å². The number of carboxylic acids is 1. The molecule has 0 saturated carbocycles. The molecule has 0 aromatic heterocycles. The highest BCUT2D eigenvalue weighted by Crippen LogP contribution is 2.31. The molecule has 12 nitrogen and oxygen atoms in total. The largest absolute Gasteiger partial charge is 0.493 e. The second-order valence-electron chi connectivity index (χ2n) is 9.28. The van der Waals surface area contributed by atoms with E-state index in [9.17, 15) is 33.2 Å². The molecule has 0 unspecified atom stereocenters. The summed E-state index contributed by atoms with van der Waals surface area (Å²) in [6.45, 7) is 3.73. The van der Waals surface area contributed by atoms with Crippen LogP contribution in [-0.2, 0) is 19.6 Å². The third kappa shape index (κ3) is 8.78. The number of non-ortho nitro benzene ring substituents is 1. The lowest BCUT2D eigenvalue weighted by Gasteiger charge is -2.29. The Balaban J connectivity index is 2.03. The van der Waals surface area contributed by atoms with Crippen LogP contribution in [0, 0.1) is 16.0 Å². The Labute approximate surface area is 233 Å². The van der Waals surface area contributed by atoms with Crippen molar-refractivity contribution in [3.8, 4) is 11.5 Å². The fourth-order valence-electron chi connectivity index (χ4n) is 3.96. The Morgan fingerprint density at radius 2 is 1.77 bits per heavy atom. The van der Waals surface area contributed by atoms with Crippen LogP contribution in [-0.4, -0.2) is 68.0 Å². The first-order valence-corrected chi connectivity index (χ1v) is 14.0. The van der Waals surface area contributed by atoms with E-state index in [0.717, 1.165) is 28.6 Å². The van der Waals surface area contributed by atoms with Crippen molar-refractivity contribution in [3.63, 3.8) is 0 Å². The number of methoxy groups -OCH3 is 2. The van der Waals surface area contributed by atoms with Gasteiger partial charge in [0.25, 0.3) is 5.69 Å². The Bertz CT molecular complexity index is 1310. The molecule has 0 fully saturated rings. The van der Waals surface area contributed by atoms with Crippen LogP contribution in [0.25, 0.3) is 6.08 Å². The maximum Gasteiger partial charge on any atom is 0.322 e. The van der Waals surface area contributed by atoms with Gasteiger partial charge in [0.15, 0.2) is 11.5 Å². The van der Waals surface area contributed by atoms with E-state index in [2.05, 4.69) is 5.32 Å². The number of rotatable bonds is 16. The molecule has 0 saturated heterocycles. The summed E-state index contributed by atoms with van der Waals surface area (Å²) in [5.41, 5.74) is 0.379. The van der Waals surface area contributed by atoms with E-state index in [1.807, 2.05) is 0 Å². The van der Waals surface area contributed by atoms with Crippen LogP contribution in [0.15, 0.2) is 53.4 Å². The van der Waals surface area contributed by atoms with E-state index >= 15 is 0 Å². The van der Waals surface area contributed by atoms with Gasteiger partial charge in [-0.05, 0) is 49.5 Å². The van der Waals surface area contributed by atoms with Gasteiger partial charge in [-0.1, -0.05) is 26.0 Å². The van der Waals surface area contributed by atoms with Gasteiger partial charge in [-0.25, -0.2) is 8.42 Å². The van der Waals surface area contributed by atoms with Crippen LogP contribution in [0.5, 0.6) is 11.5 Å². The monoisotopic (exact) mass is 577 g/mol. The Morgan fingerprint density at radius 1 is 1.10 bits per heavy atom. The molecule has 2 aromatic rings. The highest BCUT2D eigenvalue weighted by Gasteiger charge is 2.36. The number of aliphatic carboxylic acids is 1. The molecular formula is C27H35N3O9S. The van der Waals surface area contributed by atoms with E-state index < -0.39 is 27.0 Å². The van der Waals surface area contributed by atoms with Crippen molar-refractivity contribution in [2.24, 2.45) is 5.92 Å². The number of carbonyl (C=O) groups excluding carboxylic acids is 1. The second-order valence-corrected chi connectivity index (χ2v) is 11.2. The summed E-state index contributed by atoms with van der Waals surface area (Å²) in [7, 11) is -1.24. The standard InChI is InChI=1S/C27H35N3O9S/c1-19(2)18-29(40(36,37)22-14-12-21(13-15-22)30(34)35)23(27(32)33)9-5-6-17-28-25(31)16-11-20-8-7-10-24(38-3)26(20)39-4/h7-8,10-16,19,23H,5-6,9,17-18H2,1-4H3,(H,28,31)(H,32,33)/t23-/m0/s1. The van der Waals surface area contributed by atoms with Crippen LogP contribution in [0.3, 0.4) is 0 Å². The first-order chi connectivity index (χ1) is 18.9. The molecule has 2 N–H and O–H groups in total. The summed E-state index contributed by atoms with van der Waals surface area (Å²) < 4.78 is 38.2. The molecule has 0 radical (unpaired) electrons. The lowest BCUT2D eigenvalue weighted by molar-refractivity contribution is -0.384. The van der Waals surface area contributed by atoms with E-state index in [0.29, 0.717) is 29.9 Å². The highest BCUT2D eigenvalue weighted by atomic mass is 32.2. The van der Waals surface area contributed by atoms with Crippen molar-refractivity contribution in [1.29, 1.82) is 0 Å². The zero-order valence-corrected chi connectivity index (χ0v) is 23.7. The lowest BCUT2D eigenvalue weighted by atomic mass is 10.1. The maximum atomic E-state index is 13.4. The Kier molecular flexibility index (Phi) is 12.1. The SMILES string of the molecule is COc1cccc(C=CC(=O)NCCCC[C@@H](C(=O)O)N(CC(C)C)S(=O)(=O)c2ccc([N+](=O)[O-])cc2)c1OC. The Hall–Kier alpha value is -3.97. The number of nitrogens with zero attached hydrogens (tertiary/aromatic N) is 2. The summed E-state index contributed by atoms with van der Waals surface area (Å²) in [6.07, 6.45) is 3.69. The summed E-state index contributed by atoms with van der Waals surface area (Å²) in [5.74, 6) is -0.820. The molecule has 0 aliphatic rings. The van der Waals surface area contributed by atoms with Gasteiger partial charge in [0.05, 0.1) is 24.0 Å². The summed E-state index contributed by atoms with van der Waals surface area (Å²) in [6, 6.07) is 8.26. The zero-order valence-electron chi connectivity index (χ0n) is 22.9. The smallest absolute Gasteiger partial charge is 0.322 e. The van der Waals surface area contributed by atoms with Crippen molar-refractivity contribution in [1.82, 2.24) is 9.62 Å². The molecule has 0 aliphatic heterocycles. The van der Waals surface area contributed by atoms with E-state index in [-0.39, 0.29) is 41.9 Å². The number of carbonyl (C=O) groups is 2. The molecule has 40 heavy (non-hydrogen) atoms. The quantitative estimate of drug-likeness (QED) is 0.131. The van der Waals surface area contributed by atoms with E-state index in [4.69, 9.17) is 9.47 Å². The molecule has 0 aliphatic carbocycles. The number of para-hydroxylation sites is 1. The molecule has 218 valence electrons. The lowest BCUT2D eigenvalue weighted by Crippen LogP contribution is -2.46. The number of carboxylic acid groups (broad SMARTS) is 1. The number of nitro benzene ring substituents is 1. The molecular weight excluding hydrogens is 542 g/mol. The minimum absolute atomic E-state index is 0.0149. The van der Waals surface area contributed by atoms with E-state index in [1.54, 1.807) is 38.1 Å². The third-order valence-electron chi connectivity index (χ3n) is 5.88. The van der Waals surface area contributed by atoms with Crippen LogP contribution in [0.4, 0.5) is 5.69 Å². The number of hydrogen-bond acceptors (Lipinski definition) is 8. The molecule has 13 heteroatoms. The summed E-state index contributed by atoms with van der Waals surface area (Å²) >= 11 is 0. The molecule has 1 amide bonds. The van der Waals surface area contributed by atoms with Crippen LogP contribution in [0.2, 0.25) is 0 Å².